The second-order valence-electron chi connectivity index (χ2n) is 7.01. The van der Waals surface area contributed by atoms with E-state index < -0.39 is 0 Å². The standard InChI is InChI=1S/C15H22N2/c1-9-12(8-15(2,3)4)16-17-14-11-6-5-10(7-11)13(9)14/h10-11H,5-8H2,1-4H3. The highest BCUT2D eigenvalue weighted by Gasteiger charge is 2.40. The molecule has 2 bridgehead atoms. The van der Waals surface area contributed by atoms with Gasteiger partial charge in [0.05, 0.1) is 11.4 Å². The maximum absolute atomic E-state index is 4.54. The topological polar surface area (TPSA) is 25.8 Å². The Balaban J connectivity index is 2.02. The average Bonchev–Trinajstić information content (AvgIpc) is 2.80. The van der Waals surface area contributed by atoms with Gasteiger partial charge in [0.25, 0.3) is 0 Å². The van der Waals surface area contributed by atoms with Crippen molar-refractivity contribution in [2.75, 3.05) is 0 Å². The molecule has 0 spiro atoms. The minimum Gasteiger partial charge on any atom is -0.155 e. The summed E-state index contributed by atoms with van der Waals surface area (Å²) in [6.07, 6.45) is 5.09. The fourth-order valence-corrected chi connectivity index (χ4v) is 3.57. The van der Waals surface area contributed by atoms with Crippen molar-refractivity contribution in [2.45, 2.75) is 65.2 Å². The number of rotatable bonds is 1. The Kier molecular flexibility index (Phi) is 2.33. The Morgan fingerprint density at radius 2 is 1.82 bits per heavy atom. The fraction of sp³-hybridized carbons (Fsp3) is 0.733. The molecule has 2 aliphatic carbocycles. The highest BCUT2D eigenvalue weighted by molar-refractivity contribution is 5.43. The van der Waals surface area contributed by atoms with Crippen LogP contribution in [0.2, 0.25) is 0 Å². The van der Waals surface area contributed by atoms with E-state index in [-0.39, 0.29) is 0 Å². The number of aromatic nitrogens is 2. The normalized spacial score (nSPS) is 26.4. The van der Waals surface area contributed by atoms with Gasteiger partial charge < -0.3 is 0 Å². The third kappa shape index (κ3) is 1.78. The molecule has 1 heterocycles. The summed E-state index contributed by atoms with van der Waals surface area (Å²) in [5.74, 6) is 1.52. The molecule has 2 atom stereocenters. The number of nitrogens with zero attached hydrogens (tertiary/aromatic N) is 2. The molecule has 0 amide bonds. The lowest BCUT2D eigenvalue weighted by atomic mass is 9.86. The third-order valence-corrected chi connectivity index (χ3v) is 4.32. The van der Waals surface area contributed by atoms with Gasteiger partial charge in [0, 0.05) is 5.92 Å². The summed E-state index contributed by atoms with van der Waals surface area (Å²) >= 11 is 0. The van der Waals surface area contributed by atoms with Gasteiger partial charge in [-0.2, -0.15) is 10.2 Å². The van der Waals surface area contributed by atoms with Crippen LogP contribution in [0, 0.1) is 12.3 Å². The average molecular weight is 230 g/mol. The van der Waals surface area contributed by atoms with E-state index in [0.29, 0.717) is 5.41 Å². The molecule has 92 valence electrons. The second kappa shape index (κ2) is 3.54. The van der Waals surface area contributed by atoms with E-state index in [4.69, 9.17) is 0 Å². The zero-order chi connectivity index (χ0) is 12.2. The molecule has 1 aromatic rings. The fourth-order valence-electron chi connectivity index (χ4n) is 3.57. The highest BCUT2D eigenvalue weighted by Crippen LogP contribution is 2.53. The number of hydrogen-bond donors (Lipinski definition) is 0. The largest absolute Gasteiger partial charge is 0.155 e. The van der Waals surface area contributed by atoms with E-state index in [1.54, 1.807) is 5.56 Å². The van der Waals surface area contributed by atoms with Gasteiger partial charge in [-0.25, -0.2) is 0 Å². The molecule has 1 saturated carbocycles. The van der Waals surface area contributed by atoms with E-state index >= 15 is 0 Å². The highest BCUT2D eigenvalue weighted by atomic mass is 15.1. The molecule has 0 radical (unpaired) electrons. The second-order valence-corrected chi connectivity index (χ2v) is 7.01. The van der Waals surface area contributed by atoms with Crippen LogP contribution in [0.5, 0.6) is 0 Å². The van der Waals surface area contributed by atoms with Crippen molar-refractivity contribution in [3.8, 4) is 0 Å². The van der Waals surface area contributed by atoms with Crippen LogP contribution in [0.4, 0.5) is 0 Å². The van der Waals surface area contributed by atoms with Crippen molar-refractivity contribution in [3.05, 3.63) is 22.5 Å². The van der Waals surface area contributed by atoms with Crippen LogP contribution in [0.1, 0.15) is 74.4 Å². The molecule has 2 aliphatic rings. The smallest absolute Gasteiger partial charge is 0.0699 e. The first-order valence-electron chi connectivity index (χ1n) is 6.81. The molecule has 17 heavy (non-hydrogen) atoms. The molecule has 2 heteroatoms. The van der Waals surface area contributed by atoms with Gasteiger partial charge in [0.15, 0.2) is 0 Å². The lowest BCUT2D eigenvalue weighted by Gasteiger charge is -2.22. The molecule has 0 aliphatic heterocycles. The molecule has 0 saturated heterocycles. The van der Waals surface area contributed by atoms with Gasteiger partial charge >= 0.3 is 0 Å². The van der Waals surface area contributed by atoms with Crippen molar-refractivity contribution in [1.29, 1.82) is 0 Å². The molecule has 0 N–H and O–H groups in total. The summed E-state index contributed by atoms with van der Waals surface area (Å²) in [5, 5.41) is 9.04. The summed E-state index contributed by atoms with van der Waals surface area (Å²) < 4.78 is 0. The molecular weight excluding hydrogens is 208 g/mol. The monoisotopic (exact) mass is 230 g/mol. The van der Waals surface area contributed by atoms with E-state index in [0.717, 1.165) is 18.3 Å². The first-order chi connectivity index (χ1) is 7.96. The first-order valence-corrected chi connectivity index (χ1v) is 6.81. The molecule has 2 nitrogen and oxygen atoms in total. The van der Waals surface area contributed by atoms with Gasteiger partial charge in [-0.15, -0.1) is 0 Å². The van der Waals surface area contributed by atoms with Crippen LogP contribution >= 0.6 is 0 Å². The summed E-state index contributed by atoms with van der Waals surface area (Å²) in [5.41, 5.74) is 5.86. The zero-order valence-electron chi connectivity index (χ0n) is 11.4. The van der Waals surface area contributed by atoms with E-state index in [2.05, 4.69) is 37.9 Å². The zero-order valence-corrected chi connectivity index (χ0v) is 11.4. The Bertz CT molecular complexity index is 457. The van der Waals surface area contributed by atoms with Gasteiger partial charge in [-0.05, 0) is 55.1 Å². The molecule has 2 unspecified atom stereocenters. The predicted molar refractivity (Wildman–Crippen MR) is 69.3 cm³/mol. The number of fused-ring (bicyclic) bond motifs is 5. The lowest BCUT2D eigenvalue weighted by Crippen LogP contribution is -2.15. The van der Waals surface area contributed by atoms with Crippen LogP contribution < -0.4 is 0 Å². The summed E-state index contributed by atoms with van der Waals surface area (Å²) in [4.78, 5) is 0. The van der Waals surface area contributed by atoms with E-state index in [1.165, 1.54) is 36.2 Å². The molecule has 1 aromatic heterocycles. The van der Waals surface area contributed by atoms with Crippen molar-refractivity contribution in [2.24, 2.45) is 5.41 Å². The Labute approximate surface area is 104 Å². The van der Waals surface area contributed by atoms with Gasteiger partial charge in [0.2, 0.25) is 0 Å². The Hall–Kier alpha value is -0.920. The van der Waals surface area contributed by atoms with Crippen LogP contribution in [0.3, 0.4) is 0 Å². The van der Waals surface area contributed by atoms with Crippen LogP contribution in [0.25, 0.3) is 0 Å². The van der Waals surface area contributed by atoms with Crippen LogP contribution in [-0.2, 0) is 6.42 Å². The SMILES string of the molecule is Cc1c(CC(C)(C)C)nnc2c1C1CCC2C1. The van der Waals surface area contributed by atoms with Crippen molar-refractivity contribution < 1.29 is 0 Å². The Morgan fingerprint density at radius 3 is 2.53 bits per heavy atom. The van der Waals surface area contributed by atoms with Crippen molar-refractivity contribution in [3.63, 3.8) is 0 Å². The molecule has 3 rings (SSSR count). The van der Waals surface area contributed by atoms with Gasteiger partial charge in [0.1, 0.15) is 0 Å². The third-order valence-electron chi connectivity index (χ3n) is 4.32. The van der Waals surface area contributed by atoms with Crippen molar-refractivity contribution >= 4 is 0 Å². The lowest BCUT2D eigenvalue weighted by molar-refractivity contribution is 0.402. The minimum absolute atomic E-state index is 0.297. The molecular formula is C15H22N2. The maximum atomic E-state index is 4.54. The predicted octanol–water partition coefficient (Wildman–Crippen LogP) is 3.74. The van der Waals surface area contributed by atoms with E-state index in [9.17, 15) is 0 Å². The quantitative estimate of drug-likeness (QED) is 0.734. The summed E-state index contributed by atoms with van der Waals surface area (Å²) in [7, 11) is 0. The van der Waals surface area contributed by atoms with Crippen LogP contribution in [-0.4, -0.2) is 10.2 Å². The van der Waals surface area contributed by atoms with Gasteiger partial charge in [-0.1, -0.05) is 20.8 Å². The Morgan fingerprint density at radius 1 is 1.12 bits per heavy atom. The first kappa shape index (κ1) is 11.2. The maximum Gasteiger partial charge on any atom is 0.0699 e. The van der Waals surface area contributed by atoms with Gasteiger partial charge in [-0.3, -0.25) is 0 Å². The van der Waals surface area contributed by atoms with Crippen LogP contribution in [0.15, 0.2) is 0 Å². The summed E-state index contributed by atoms with van der Waals surface area (Å²) in [6, 6.07) is 0. The minimum atomic E-state index is 0.297. The molecule has 0 aromatic carbocycles. The molecule has 1 fully saturated rings. The van der Waals surface area contributed by atoms with Crippen molar-refractivity contribution in [1.82, 2.24) is 10.2 Å². The van der Waals surface area contributed by atoms with E-state index in [1.807, 2.05) is 0 Å². The number of hydrogen-bond acceptors (Lipinski definition) is 2. The summed E-state index contributed by atoms with van der Waals surface area (Å²) in [6.45, 7) is 9.07.